The SMILES string of the molecule is CCC(N)C(Sc1n[nH]c(=O)n1C)c1cccc(C)c1. The molecule has 2 unspecified atom stereocenters. The van der Waals surface area contributed by atoms with Crippen molar-refractivity contribution in [2.75, 3.05) is 0 Å². The van der Waals surface area contributed by atoms with Crippen molar-refractivity contribution in [2.45, 2.75) is 36.7 Å². The van der Waals surface area contributed by atoms with Crippen molar-refractivity contribution in [2.24, 2.45) is 12.8 Å². The lowest BCUT2D eigenvalue weighted by molar-refractivity contribution is 0.629. The van der Waals surface area contributed by atoms with Crippen LogP contribution in [0.25, 0.3) is 0 Å². The zero-order chi connectivity index (χ0) is 14.7. The lowest BCUT2D eigenvalue weighted by atomic mass is 10.0. The first-order valence-electron chi connectivity index (χ1n) is 6.63. The summed E-state index contributed by atoms with van der Waals surface area (Å²) in [6.45, 7) is 4.13. The van der Waals surface area contributed by atoms with Crippen molar-refractivity contribution in [3.63, 3.8) is 0 Å². The molecule has 0 saturated heterocycles. The van der Waals surface area contributed by atoms with Crippen LogP contribution in [0.1, 0.15) is 29.7 Å². The van der Waals surface area contributed by atoms with E-state index in [1.54, 1.807) is 7.05 Å². The average Bonchev–Trinajstić information content (AvgIpc) is 2.75. The number of nitrogens with one attached hydrogen (secondary N) is 1. The summed E-state index contributed by atoms with van der Waals surface area (Å²) in [5.41, 5.74) is 8.42. The Hall–Kier alpha value is -1.53. The molecule has 0 saturated carbocycles. The van der Waals surface area contributed by atoms with Crippen molar-refractivity contribution in [1.29, 1.82) is 0 Å². The van der Waals surface area contributed by atoms with Gasteiger partial charge in [-0.25, -0.2) is 9.89 Å². The Kier molecular flexibility index (Phi) is 4.67. The summed E-state index contributed by atoms with van der Waals surface area (Å²) in [7, 11) is 1.71. The van der Waals surface area contributed by atoms with Gasteiger partial charge in [0.25, 0.3) is 0 Å². The third-order valence-electron chi connectivity index (χ3n) is 3.30. The summed E-state index contributed by atoms with van der Waals surface area (Å²) >= 11 is 1.53. The molecule has 1 aromatic carbocycles. The Morgan fingerprint density at radius 1 is 1.50 bits per heavy atom. The summed E-state index contributed by atoms with van der Waals surface area (Å²) in [6.07, 6.45) is 0.865. The first-order valence-corrected chi connectivity index (χ1v) is 7.51. The Morgan fingerprint density at radius 2 is 2.25 bits per heavy atom. The van der Waals surface area contributed by atoms with E-state index in [2.05, 4.69) is 42.2 Å². The van der Waals surface area contributed by atoms with Gasteiger partial charge in [-0.15, -0.1) is 5.10 Å². The van der Waals surface area contributed by atoms with Gasteiger partial charge in [0, 0.05) is 13.1 Å². The number of aryl methyl sites for hydroxylation is 1. The highest BCUT2D eigenvalue weighted by atomic mass is 32.2. The molecule has 2 rings (SSSR count). The van der Waals surface area contributed by atoms with E-state index in [1.165, 1.54) is 27.5 Å². The predicted octanol–water partition coefficient (Wildman–Crippen LogP) is 1.99. The summed E-state index contributed by atoms with van der Waals surface area (Å²) < 4.78 is 1.51. The maximum atomic E-state index is 11.5. The van der Waals surface area contributed by atoms with Gasteiger partial charge in [0.2, 0.25) is 0 Å². The van der Waals surface area contributed by atoms with Crippen molar-refractivity contribution >= 4 is 11.8 Å². The van der Waals surface area contributed by atoms with Crippen molar-refractivity contribution in [3.05, 3.63) is 45.9 Å². The van der Waals surface area contributed by atoms with Crippen molar-refractivity contribution in [1.82, 2.24) is 14.8 Å². The van der Waals surface area contributed by atoms with Gasteiger partial charge in [-0.1, -0.05) is 48.5 Å². The van der Waals surface area contributed by atoms with Crippen LogP contribution in [0.2, 0.25) is 0 Å². The number of rotatable bonds is 5. The smallest absolute Gasteiger partial charge is 0.326 e. The largest absolute Gasteiger partial charge is 0.343 e. The van der Waals surface area contributed by atoms with Crippen LogP contribution in [0.5, 0.6) is 0 Å². The average molecular weight is 292 g/mol. The Bertz CT molecular complexity index is 634. The fraction of sp³-hybridized carbons (Fsp3) is 0.429. The van der Waals surface area contributed by atoms with Gasteiger partial charge in [0.15, 0.2) is 5.16 Å². The van der Waals surface area contributed by atoms with E-state index in [9.17, 15) is 4.79 Å². The molecule has 0 aliphatic rings. The zero-order valence-electron chi connectivity index (χ0n) is 12.0. The molecule has 20 heavy (non-hydrogen) atoms. The predicted molar refractivity (Wildman–Crippen MR) is 81.9 cm³/mol. The highest BCUT2D eigenvalue weighted by molar-refractivity contribution is 7.99. The highest BCUT2D eigenvalue weighted by Gasteiger charge is 2.22. The van der Waals surface area contributed by atoms with E-state index < -0.39 is 0 Å². The van der Waals surface area contributed by atoms with Gasteiger partial charge >= 0.3 is 5.69 Å². The second-order valence-electron chi connectivity index (χ2n) is 4.90. The Labute approximate surface area is 122 Å². The molecule has 108 valence electrons. The topological polar surface area (TPSA) is 76.7 Å². The van der Waals surface area contributed by atoms with Crippen LogP contribution < -0.4 is 11.4 Å². The normalized spacial score (nSPS) is 14.2. The van der Waals surface area contributed by atoms with E-state index in [1.807, 2.05) is 6.07 Å². The van der Waals surface area contributed by atoms with Crippen molar-refractivity contribution < 1.29 is 0 Å². The second kappa shape index (κ2) is 6.28. The summed E-state index contributed by atoms with van der Waals surface area (Å²) in [5.74, 6) is 0. The third kappa shape index (κ3) is 3.13. The van der Waals surface area contributed by atoms with Crippen LogP contribution in [0.3, 0.4) is 0 Å². The lowest BCUT2D eigenvalue weighted by Crippen LogP contribution is -2.26. The van der Waals surface area contributed by atoms with Crippen LogP contribution in [0, 0.1) is 6.92 Å². The van der Waals surface area contributed by atoms with Gasteiger partial charge < -0.3 is 5.73 Å². The summed E-state index contributed by atoms with van der Waals surface area (Å²) in [6, 6.07) is 8.31. The Morgan fingerprint density at radius 3 is 2.80 bits per heavy atom. The lowest BCUT2D eigenvalue weighted by Gasteiger charge is -2.22. The van der Waals surface area contributed by atoms with Crippen LogP contribution in [0.15, 0.2) is 34.2 Å². The molecule has 0 bridgehead atoms. The molecule has 0 aliphatic heterocycles. The number of nitrogens with zero attached hydrogens (tertiary/aromatic N) is 2. The first kappa shape index (κ1) is 14.9. The van der Waals surface area contributed by atoms with E-state index in [4.69, 9.17) is 5.73 Å². The number of aromatic nitrogens is 3. The van der Waals surface area contributed by atoms with Gasteiger partial charge in [-0.3, -0.25) is 4.57 Å². The van der Waals surface area contributed by atoms with Gasteiger partial charge in [-0.2, -0.15) is 0 Å². The quantitative estimate of drug-likeness (QED) is 0.826. The molecule has 2 atom stereocenters. The van der Waals surface area contributed by atoms with Crippen LogP contribution in [-0.2, 0) is 7.05 Å². The first-order chi connectivity index (χ1) is 9.52. The molecule has 5 nitrogen and oxygen atoms in total. The number of nitrogens with two attached hydrogens (primary N) is 1. The van der Waals surface area contributed by atoms with Gasteiger partial charge in [0.05, 0.1) is 5.25 Å². The number of aromatic amines is 1. The molecule has 0 amide bonds. The summed E-state index contributed by atoms with van der Waals surface area (Å²) in [4.78, 5) is 11.5. The minimum atomic E-state index is -0.208. The monoisotopic (exact) mass is 292 g/mol. The van der Waals surface area contributed by atoms with Gasteiger partial charge in [-0.05, 0) is 18.9 Å². The number of hydrogen-bond acceptors (Lipinski definition) is 4. The molecule has 6 heteroatoms. The molecule has 1 heterocycles. The van der Waals surface area contributed by atoms with E-state index in [0.717, 1.165) is 6.42 Å². The molecule has 2 aromatic rings. The fourth-order valence-corrected chi connectivity index (χ4v) is 3.23. The zero-order valence-corrected chi connectivity index (χ0v) is 12.8. The second-order valence-corrected chi connectivity index (χ2v) is 6.00. The highest BCUT2D eigenvalue weighted by Crippen LogP contribution is 2.36. The maximum absolute atomic E-state index is 11.5. The molecule has 1 aromatic heterocycles. The standard InChI is InChI=1S/C14H20N4OS/c1-4-11(15)12(10-7-5-6-9(2)8-10)20-14-17-16-13(19)18(14)3/h5-8,11-12H,4,15H2,1-3H3,(H,16,19). The van der Waals surface area contributed by atoms with E-state index >= 15 is 0 Å². The minimum Gasteiger partial charge on any atom is -0.326 e. The fourth-order valence-electron chi connectivity index (χ4n) is 2.02. The molecule has 0 fully saturated rings. The molecule has 0 aliphatic carbocycles. The number of benzene rings is 1. The molecule has 0 spiro atoms. The minimum absolute atomic E-state index is 0.00796. The molecular weight excluding hydrogens is 272 g/mol. The van der Waals surface area contributed by atoms with Crippen LogP contribution >= 0.6 is 11.8 Å². The van der Waals surface area contributed by atoms with Crippen LogP contribution in [-0.4, -0.2) is 20.8 Å². The molecule has 3 N–H and O–H groups in total. The number of H-pyrrole nitrogens is 1. The third-order valence-corrected chi connectivity index (χ3v) is 4.75. The Balaban J connectivity index is 2.33. The number of thioether (sulfide) groups is 1. The van der Waals surface area contributed by atoms with Crippen LogP contribution in [0.4, 0.5) is 0 Å². The molecular formula is C14H20N4OS. The van der Waals surface area contributed by atoms with E-state index in [0.29, 0.717) is 5.16 Å². The molecule has 0 radical (unpaired) electrons. The summed E-state index contributed by atoms with van der Waals surface area (Å²) in [5, 5.41) is 7.25. The van der Waals surface area contributed by atoms with Crippen molar-refractivity contribution in [3.8, 4) is 0 Å². The van der Waals surface area contributed by atoms with Gasteiger partial charge in [0.1, 0.15) is 0 Å². The van der Waals surface area contributed by atoms with E-state index in [-0.39, 0.29) is 17.0 Å². The maximum Gasteiger partial charge on any atom is 0.343 e. The number of hydrogen-bond donors (Lipinski definition) is 2.